The highest BCUT2D eigenvalue weighted by atomic mass is 19.1. The molecule has 1 unspecified atom stereocenters. The minimum atomic E-state index is -0.798. The molecule has 1 amide bonds. The van der Waals surface area contributed by atoms with E-state index in [4.69, 9.17) is 11.5 Å². The standard InChI is InChI=1S/C12H15F2N3O/c1-5(15)12(18)17-9-3-2-6-7(9)4-8(13)11(16)10(6)14/h4-5,9H,2-3,15-16H2,1H3,(H,17,18)/t5-,9?/m0/s1. The van der Waals surface area contributed by atoms with Gasteiger partial charge in [0.1, 0.15) is 11.5 Å². The topological polar surface area (TPSA) is 81.1 Å². The van der Waals surface area contributed by atoms with Crippen molar-refractivity contribution in [3.63, 3.8) is 0 Å². The molecule has 0 aromatic heterocycles. The predicted molar refractivity (Wildman–Crippen MR) is 63.6 cm³/mol. The third-order valence-corrected chi connectivity index (χ3v) is 3.18. The van der Waals surface area contributed by atoms with Crippen molar-refractivity contribution in [3.05, 3.63) is 28.8 Å². The number of carbonyl (C=O) groups excluding carboxylic acids is 1. The number of nitrogens with two attached hydrogens (primary N) is 2. The maximum atomic E-state index is 13.7. The molecule has 6 heteroatoms. The Labute approximate surface area is 103 Å². The minimum Gasteiger partial charge on any atom is -0.394 e. The lowest BCUT2D eigenvalue weighted by Crippen LogP contribution is -2.39. The van der Waals surface area contributed by atoms with Crippen LogP contribution in [0.15, 0.2) is 6.07 Å². The second kappa shape index (κ2) is 4.53. The Morgan fingerprint density at radius 2 is 2.22 bits per heavy atom. The number of rotatable bonds is 2. The monoisotopic (exact) mass is 255 g/mol. The second-order valence-corrected chi connectivity index (χ2v) is 4.54. The lowest BCUT2D eigenvalue weighted by Gasteiger charge is -2.16. The number of nitrogen functional groups attached to an aromatic ring is 1. The molecule has 1 aliphatic rings. The Kier molecular flexibility index (Phi) is 3.21. The largest absolute Gasteiger partial charge is 0.394 e. The van der Waals surface area contributed by atoms with Gasteiger partial charge in [-0.15, -0.1) is 0 Å². The average Bonchev–Trinajstić information content (AvgIpc) is 2.69. The number of fused-ring (bicyclic) bond motifs is 1. The second-order valence-electron chi connectivity index (χ2n) is 4.54. The van der Waals surface area contributed by atoms with Gasteiger partial charge in [0.15, 0.2) is 5.82 Å². The molecule has 0 radical (unpaired) electrons. The Balaban J connectivity index is 2.31. The van der Waals surface area contributed by atoms with E-state index in [1.807, 2.05) is 0 Å². The zero-order valence-corrected chi connectivity index (χ0v) is 9.97. The molecule has 0 spiro atoms. The van der Waals surface area contributed by atoms with E-state index in [-0.39, 0.29) is 5.91 Å². The molecule has 18 heavy (non-hydrogen) atoms. The number of benzene rings is 1. The van der Waals surface area contributed by atoms with Crippen LogP contribution in [-0.2, 0) is 11.2 Å². The lowest BCUT2D eigenvalue weighted by molar-refractivity contribution is -0.122. The number of halogens is 2. The average molecular weight is 255 g/mol. The summed E-state index contributed by atoms with van der Waals surface area (Å²) in [6.45, 7) is 1.55. The molecule has 4 nitrogen and oxygen atoms in total. The van der Waals surface area contributed by atoms with Gasteiger partial charge in [0.05, 0.1) is 12.1 Å². The maximum absolute atomic E-state index is 13.7. The van der Waals surface area contributed by atoms with E-state index in [2.05, 4.69) is 5.32 Å². The van der Waals surface area contributed by atoms with E-state index in [0.29, 0.717) is 24.0 Å². The fourth-order valence-electron chi connectivity index (χ4n) is 2.16. The Morgan fingerprint density at radius 3 is 2.83 bits per heavy atom. The van der Waals surface area contributed by atoms with E-state index in [0.717, 1.165) is 0 Å². The fraction of sp³-hybridized carbons (Fsp3) is 0.417. The van der Waals surface area contributed by atoms with Gasteiger partial charge in [-0.25, -0.2) is 8.78 Å². The Hall–Kier alpha value is -1.69. The Bertz CT molecular complexity index is 503. The molecule has 0 aliphatic heterocycles. The molecule has 0 saturated heterocycles. The van der Waals surface area contributed by atoms with E-state index in [9.17, 15) is 13.6 Å². The van der Waals surface area contributed by atoms with Crippen molar-refractivity contribution in [2.45, 2.75) is 31.8 Å². The molecule has 1 aliphatic carbocycles. The zero-order chi connectivity index (χ0) is 13.4. The number of nitrogens with one attached hydrogen (secondary N) is 1. The molecule has 5 N–H and O–H groups in total. The summed E-state index contributed by atoms with van der Waals surface area (Å²) in [5.74, 6) is -1.86. The van der Waals surface area contributed by atoms with Crippen LogP contribution in [0.4, 0.5) is 14.5 Å². The molecule has 2 atom stereocenters. The van der Waals surface area contributed by atoms with Crippen LogP contribution in [0.2, 0.25) is 0 Å². The summed E-state index contributed by atoms with van der Waals surface area (Å²) in [5, 5.41) is 2.67. The van der Waals surface area contributed by atoms with E-state index in [1.165, 1.54) is 6.07 Å². The van der Waals surface area contributed by atoms with Crippen LogP contribution in [0.5, 0.6) is 0 Å². The van der Waals surface area contributed by atoms with Crippen LogP contribution >= 0.6 is 0 Å². The minimum absolute atomic E-state index is 0.342. The number of carbonyl (C=O) groups is 1. The fourth-order valence-corrected chi connectivity index (χ4v) is 2.16. The first kappa shape index (κ1) is 12.8. The van der Waals surface area contributed by atoms with Gasteiger partial charge in [-0.05, 0) is 37.0 Å². The molecule has 0 heterocycles. The van der Waals surface area contributed by atoms with Crippen LogP contribution in [0.3, 0.4) is 0 Å². The summed E-state index contributed by atoms with van der Waals surface area (Å²) in [6, 6.07) is 0.132. The highest BCUT2D eigenvalue weighted by molar-refractivity contribution is 5.81. The van der Waals surface area contributed by atoms with Gasteiger partial charge in [-0.3, -0.25) is 4.79 Å². The summed E-state index contributed by atoms with van der Waals surface area (Å²) in [6.07, 6.45) is 0.948. The van der Waals surface area contributed by atoms with Crippen molar-refractivity contribution in [2.75, 3.05) is 5.73 Å². The summed E-state index contributed by atoms with van der Waals surface area (Å²) < 4.78 is 27.1. The first-order valence-corrected chi connectivity index (χ1v) is 5.74. The smallest absolute Gasteiger partial charge is 0.237 e. The first-order chi connectivity index (χ1) is 8.41. The van der Waals surface area contributed by atoms with Gasteiger partial charge in [0.2, 0.25) is 5.91 Å². The Morgan fingerprint density at radius 1 is 1.56 bits per heavy atom. The summed E-state index contributed by atoms with van der Waals surface area (Å²) in [5.41, 5.74) is 11.1. The lowest BCUT2D eigenvalue weighted by atomic mass is 10.1. The summed E-state index contributed by atoms with van der Waals surface area (Å²) >= 11 is 0. The molecule has 0 saturated carbocycles. The van der Waals surface area contributed by atoms with Gasteiger partial charge in [0, 0.05) is 0 Å². The molecular weight excluding hydrogens is 240 g/mol. The molecule has 1 aromatic carbocycles. The zero-order valence-electron chi connectivity index (χ0n) is 9.97. The molecule has 0 bridgehead atoms. The van der Waals surface area contributed by atoms with E-state index >= 15 is 0 Å². The van der Waals surface area contributed by atoms with Crippen molar-refractivity contribution < 1.29 is 13.6 Å². The third kappa shape index (κ3) is 2.03. The van der Waals surface area contributed by atoms with E-state index < -0.39 is 29.4 Å². The SMILES string of the molecule is C[C@H](N)C(=O)NC1CCc2c1cc(F)c(N)c2F. The van der Waals surface area contributed by atoms with Crippen LogP contribution in [-0.4, -0.2) is 11.9 Å². The highest BCUT2D eigenvalue weighted by Gasteiger charge is 2.29. The molecule has 1 aromatic rings. The number of hydrogen-bond donors (Lipinski definition) is 3. The van der Waals surface area contributed by atoms with Crippen LogP contribution in [0.1, 0.15) is 30.5 Å². The predicted octanol–water partition coefficient (Wildman–Crippen LogP) is 0.998. The first-order valence-electron chi connectivity index (χ1n) is 5.74. The number of hydrogen-bond acceptors (Lipinski definition) is 3. The molecular formula is C12H15F2N3O. The normalized spacial score (nSPS) is 19.4. The quantitative estimate of drug-likeness (QED) is 0.689. The van der Waals surface area contributed by atoms with Crippen LogP contribution in [0.25, 0.3) is 0 Å². The van der Waals surface area contributed by atoms with Gasteiger partial charge in [-0.2, -0.15) is 0 Å². The molecule has 98 valence electrons. The van der Waals surface area contributed by atoms with Crippen molar-refractivity contribution in [1.82, 2.24) is 5.32 Å². The van der Waals surface area contributed by atoms with Gasteiger partial charge >= 0.3 is 0 Å². The van der Waals surface area contributed by atoms with Gasteiger partial charge < -0.3 is 16.8 Å². The van der Waals surface area contributed by atoms with Crippen molar-refractivity contribution >= 4 is 11.6 Å². The molecule has 2 rings (SSSR count). The van der Waals surface area contributed by atoms with Crippen molar-refractivity contribution in [3.8, 4) is 0 Å². The van der Waals surface area contributed by atoms with Crippen LogP contribution in [0, 0.1) is 11.6 Å². The summed E-state index contributed by atoms with van der Waals surface area (Å²) in [7, 11) is 0. The van der Waals surface area contributed by atoms with E-state index in [1.54, 1.807) is 6.92 Å². The highest BCUT2D eigenvalue weighted by Crippen LogP contribution is 2.36. The van der Waals surface area contributed by atoms with Crippen molar-refractivity contribution in [1.29, 1.82) is 0 Å². The summed E-state index contributed by atoms with van der Waals surface area (Å²) in [4.78, 5) is 11.5. The van der Waals surface area contributed by atoms with Crippen molar-refractivity contribution in [2.24, 2.45) is 5.73 Å². The van der Waals surface area contributed by atoms with Gasteiger partial charge in [0.25, 0.3) is 0 Å². The number of amides is 1. The maximum Gasteiger partial charge on any atom is 0.237 e. The molecule has 0 fully saturated rings. The third-order valence-electron chi connectivity index (χ3n) is 3.18. The number of anilines is 1. The van der Waals surface area contributed by atoms with Gasteiger partial charge in [-0.1, -0.05) is 0 Å². The van der Waals surface area contributed by atoms with Crippen LogP contribution < -0.4 is 16.8 Å².